The summed E-state index contributed by atoms with van der Waals surface area (Å²) in [7, 11) is -2.47. The predicted octanol–water partition coefficient (Wildman–Crippen LogP) is 6.06. The maximum Gasteiger partial charge on any atom is 0.330 e. The van der Waals surface area contributed by atoms with E-state index in [9.17, 15) is 13.2 Å². The van der Waals surface area contributed by atoms with Crippen LogP contribution in [0.3, 0.4) is 0 Å². The second-order valence-corrected chi connectivity index (χ2v) is 11.8. The number of carbonyl (C=O) groups is 1. The maximum atomic E-state index is 14.2. The highest BCUT2D eigenvalue weighted by Crippen LogP contribution is 2.40. The third-order valence-electron chi connectivity index (χ3n) is 7.35. The van der Waals surface area contributed by atoms with Crippen molar-refractivity contribution >= 4 is 33.0 Å². The number of esters is 1. The van der Waals surface area contributed by atoms with Crippen LogP contribution in [0.25, 0.3) is 17.0 Å². The zero-order valence-corrected chi connectivity index (χ0v) is 23.6. The van der Waals surface area contributed by atoms with E-state index in [0.717, 1.165) is 46.0 Å². The number of aromatic amines is 1. The van der Waals surface area contributed by atoms with Gasteiger partial charge in [0.1, 0.15) is 5.75 Å². The highest BCUT2D eigenvalue weighted by atomic mass is 32.2. The molecule has 4 aromatic rings. The lowest BCUT2D eigenvalue weighted by molar-refractivity contribution is -0.134. The van der Waals surface area contributed by atoms with Gasteiger partial charge < -0.3 is 14.5 Å². The number of fused-ring (bicyclic) bond motifs is 2. The molecule has 0 saturated carbocycles. The smallest absolute Gasteiger partial charge is 0.330 e. The maximum absolute atomic E-state index is 14.2. The van der Waals surface area contributed by atoms with Crippen LogP contribution in [0.1, 0.15) is 48.1 Å². The topological polar surface area (TPSA) is 88.7 Å². The van der Waals surface area contributed by atoms with Gasteiger partial charge in [0.15, 0.2) is 0 Å². The first kappa shape index (κ1) is 27.7. The van der Waals surface area contributed by atoms with Crippen LogP contribution in [0.15, 0.2) is 83.9 Å². The Morgan fingerprint density at radius 1 is 1.10 bits per heavy atom. The lowest BCUT2D eigenvalue weighted by Crippen LogP contribution is -2.35. The number of hydrogen-bond acceptors (Lipinski definition) is 5. The Labute approximate surface area is 235 Å². The first-order valence-electron chi connectivity index (χ1n) is 13.6. The van der Waals surface area contributed by atoms with Gasteiger partial charge in [0.05, 0.1) is 24.7 Å². The Morgan fingerprint density at radius 3 is 2.67 bits per heavy atom. The number of benzene rings is 3. The minimum Gasteiger partial charge on any atom is -0.494 e. The summed E-state index contributed by atoms with van der Waals surface area (Å²) in [5.41, 5.74) is 5.09. The van der Waals surface area contributed by atoms with Crippen LogP contribution in [-0.2, 0) is 32.4 Å². The number of nitrogens with one attached hydrogen (secondary N) is 1. The molecule has 1 unspecified atom stereocenters. The number of sulfonamides is 1. The molecule has 0 saturated heterocycles. The van der Waals surface area contributed by atoms with E-state index in [1.165, 1.54) is 13.2 Å². The molecule has 0 radical (unpaired) electrons. The largest absolute Gasteiger partial charge is 0.494 e. The van der Waals surface area contributed by atoms with Crippen LogP contribution in [0, 0.1) is 0 Å². The van der Waals surface area contributed by atoms with Gasteiger partial charge in [0, 0.05) is 29.7 Å². The number of aromatic nitrogens is 1. The third-order valence-corrected chi connectivity index (χ3v) is 9.28. The molecular weight excluding hydrogens is 524 g/mol. The average molecular weight is 559 g/mol. The molecular formula is C32H34N2O5S. The van der Waals surface area contributed by atoms with Crippen molar-refractivity contribution in [3.63, 3.8) is 0 Å². The molecule has 1 N–H and O–H groups in total. The summed E-state index contributed by atoms with van der Waals surface area (Å²) in [5, 5.41) is 1.10. The number of rotatable bonds is 11. The molecule has 3 aromatic carbocycles. The van der Waals surface area contributed by atoms with E-state index >= 15 is 0 Å². The van der Waals surface area contributed by atoms with E-state index < -0.39 is 16.0 Å². The number of aryl methyl sites for hydroxylation is 1. The molecule has 1 atom stereocenters. The summed E-state index contributed by atoms with van der Waals surface area (Å²) in [6, 6.07) is 20.4. The fourth-order valence-corrected chi connectivity index (χ4v) is 6.96. The van der Waals surface area contributed by atoms with Gasteiger partial charge >= 0.3 is 5.97 Å². The average Bonchev–Trinajstić information content (AvgIpc) is 3.59. The number of carbonyl (C=O) groups excluding carboxylic acids is 1. The van der Waals surface area contributed by atoms with E-state index in [-0.39, 0.29) is 10.9 Å². The predicted molar refractivity (Wildman–Crippen MR) is 157 cm³/mol. The summed E-state index contributed by atoms with van der Waals surface area (Å²) in [4.78, 5) is 15.1. The summed E-state index contributed by atoms with van der Waals surface area (Å²) < 4.78 is 40.4. The molecule has 5 rings (SSSR count). The number of para-hydroxylation sites is 1. The molecule has 1 aliphatic rings. The highest BCUT2D eigenvalue weighted by Gasteiger charge is 2.36. The first-order valence-corrected chi connectivity index (χ1v) is 15.0. The molecule has 0 aliphatic heterocycles. The lowest BCUT2D eigenvalue weighted by Gasteiger charge is -2.29. The zero-order chi connectivity index (χ0) is 28.1. The Balaban J connectivity index is 1.47. The van der Waals surface area contributed by atoms with Crippen LogP contribution < -0.4 is 4.74 Å². The Morgan fingerprint density at radius 2 is 1.90 bits per heavy atom. The zero-order valence-electron chi connectivity index (χ0n) is 22.8. The minimum atomic E-state index is -3.81. The van der Waals surface area contributed by atoms with Gasteiger partial charge in [-0.15, -0.1) is 0 Å². The van der Waals surface area contributed by atoms with Gasteiger partial charge in [-0.2, -0.15) is 4.31 Å². The van der Waals surface area contributed by atoms with Gasteiger partial charge in [-0.05, 0) is 84.3 Å². The Kier molecular flexibility index (Phi) is 8.38. The normalized spacial score (nSPS) is 15.1. The number of nitrogens with zero attached hydrogens (tertiary/aromatic N) is 1. The van der Waals surface area contributed by atoms with E-state index in [0.29, 0.717) is 31.7 Å². The molecule has 1 aliphatic carbocycles. The molecule has 0 amide bonds. The fourth-order valence-electron chi connectivity index (χ4n) is 5.33. The molecule has 0 fully saturated rings. The summed E-state index contributed by atoms with van der Waals surface area (Å²) in [5.74, 6) is 0.240. The van der Waals surface area contributed by atoms with Crippen molar-refractivity contribution in [1.29, 1.82) is 0 Å². The van der Waals surface area contributed by atoms with Gasteiger partial charge in [0.25, 0.3) is 0 Å². The van der Waals surface area contributed by atoms with Gasteiger partial charge in [-0.1, -0.05) is 43.3 Å². The molecule has 7 nitrogen and oxygen atoms in total. The fraction of sp³-hybridized carbons (Fsp3) is 0.281. The number of ether oxygens (including phenoxy) is 2. The van der Waals surface area contributed by atoms with Crippen molar-refractivity contribution in [3.8, 4) is 5.75 Å². The Hall–Kier alpha value is -3.88. The van der Waals surface area contributed by atoms with E-state index in [1.807, 2.05) is 49.5 Å². The van der Waals surface area contributed by atoms with Crippen LogP contribution >= 0.6 is 0 Å². The number of methoxy groups -OCH3 is 1. The van der Waals surface area contributed by atoms with Crippen molar-refractivity contribution in [3.05, 3.63) is 101 Å². The number of hydrogen-bond donors (Lipinski definition) is 1. The Bertz CT molecular complexity index is 1620. The van der Waals surface area contributed by atoms with Gasteiger partial charge in [0.2, 0.25) is 10.0 Å². The summed E-state index contributed by atoms with van der Waals surface area (Å²) in [6.07, 6.45) is 7.97. The molecule has 208 valence electrons. The number of H-pyrrole nitrogens is 1. The monoisotopic (exact) mass is 558 g/mol. The van der Waals surface area contributed by atoms with Gasteiger partial charge in [-0.25, -0.2) is 13.2 Å². The molecule has 1 heterocycles. The standard InChI is InChI=1S/C32H34N2O5S/c1-3-20-39-26-11-13-27(14-12-26)40(36,37)34(19-18-25-22-33-30-7-5-4-6-28(25)30)31-16-10-24-21-23(8-15-29(24)31)9-17-32(35)38-2/h4-9,11-15,17,21-22,31,33H,3,10,16,18-20H2,1-2H3/b17-9+. The molecule has 8 heteroatoms. The third kappa shape index (κ3) is 5.83. The lowest BCUT2D eigenvalue weighted by atomic mass is 10.0. The van der Waals surface area contributed by atoms with Crippen LogP contribution in [-0.4, -0.2) is 43.9 Å². The van der Waals surface area contributed by atoms with Crippen molar-refractivity contribution in [2.24, 2.45) is 0 Å². The quantitative estimate of drug-likeness (QED) is 0.178. The van der Waals surface area contributed by atoms with E-state index in [1.54, 1.807) is 34.6 Å². The minimum absolute atomic E-state index is 0.251. The molecule has 0 bridgehead atoms. The molecule has 40 heavy (non-hydrogen) atoms. The van der Waals surface area contributed by atoms with E-state index in [4.69, 9.17) is 9.47 Å². The van der Waals surface area contributed by atoms with E-state index in [2.05, 4.69) is 11.1 Å². The summed E-state index contributed by atoms with van der Waals surface area (Å²) in [6.45, 7) is 2.95. The van der Waals surface area contributed by atoms with Crippen LogP contribution in [0.2, 0.25) is 0 Å². The highest BCUT2D eigenvalue weighted by molar-refractivity contribution is 7.89. The molecule has 0 spiro atoms. The summed E-state index contributed by atoms with van der Waals surface area (Å²) >= 11 is 0. The van der Waals surface area contributed by atoms with Crippen molar-refractivity contribution < 1.29 is 22.7 Å². The van der Waals surface area contributed by atoms with Crippen molar-refractivity contribution in [2.75, 3.05) is 20.3 Å². The second kappa shape index (κ2) is 12.1. The molecule has 1 aromatic heterocycles. The van der Waals surface area contributed by atoms with Crippen LogP contribution in [0.4, 0.5) is 0 Å². The van der Waals surface area contributed by atoms with Crippen molar-refractivity contribution in [1.82, 2.24) is 9.29 Å². The van der Waals surface area contributed by atoms with Gasteiger partial charge in [-0.3, -0.25) is 0 Å². The first-order chi connectivity index (χ1) is 19.4. The van der Waals surface area contributed by atoms with Crippen molar-refractivity contribution in [2.45, 2.75) is 43.5 Å². The second-order valence-electron chi connectivity index (χ2n) is 9.91. The SMILES string of the molecule is CCCOc1ccc(S(=O)(=O)N(CCc2c[nH]c3ccccc23)C2CCc3cc(/C=C/C(=O)OC)ccc32)cc1. The van der Waals surface area contributed by atoms with Crippen LogP contribution in [0.5, 0.6) is 5.75 Å².